The molecule has 0 aliphatic rings. The van der Waals surface area contributed by atoms with Gasteiger partial charge in [0.25, 0.3) is 0 Å². The second-order valence-corrected chi connectivity index (χ2v) is 2.37. The Labute approximate surface area is 79.0 Å². The molecule has 0 aromatic carbocycles. The molecule has 72 valence electrons. The minimum absolute atomic E-state index is 0.404. The molecule has 0 aliphatic carbocycles. The van der Waals surface area contributed by atoms with E-state index in [1.54, 1.807) is 12.4 Å². The van der Waals surface area contributed by atoms with Gasteiger partial charge in [-0.3, -0.25) is 4.98 Å². The first-order valence-corrected chi connectivity index (χ1v) is 4.42. The van der Waals surface area contributed by atoms with Gasteiger partial charge >= 0.3 is 0 Å². The number of hydrogen-bond donors (Lipinski definition) is 1. The van der Waals surface area contributed by atoms with Gasteiger partial charge in [0, 0.05) is 12.4 Å². The van der Waals surface area contributed by atoms with Gasteiger partial charge in [-0.05, 0) is 18.1 Å². The first-order chi connectivity index (χ1) is 6.33. The van der Waals surface area contributed by atoms with E-state index < -0.39 is 6.04 Å². The van der Waals surface area contributed by atoms with E-state index in [9.17, 15) is 4.79 Å². The molecule has 13 heavy (non-hydrogen) atoms. The number of aldehydes is 1. The molecule has 1 unspecified atom stereocenters. The largest absolute Gasteiger partial charge is 0.321 e. The molecule has 3 heteroatoms. The van der Waals surface area contributed by atoms with Gasteiger partial charge in [0.05, 0.1) is 6.04 Å². The molecule has 1 atom stereocenters. The first-order valence-electron chi connectivity index (χ1n) is 4.42. The Morgan fingerprint density at radius 3 is 2.77 bits per heavy atom. The van der Waals surface area contributed by atoms with Gasteiger partial charge in [0.1, 0.15) is 6.29 Å². The molecule has 0 radical (unpaired) electrons. The van der Waals surface area contributed by atoms with Gasteiger partial charge in [0.15, 0.2) is 0 Å². The van der Waals surface area contributed by atoms with Gasteiger partial charge in [-0.15, -0.1) is 0 Å². The average molecular weight is 180 g/mol. The number of nitrogens with two attached hydrogens (primary N) is 1. The monoisotopic (exact) mass is 180 g/mol. The van der Waals surface area contributed by atoms with Crippen molar-refractivity contribution in [1.29, 1.82) is 0 Å². The zero-order chi connectivity index (χ0) is 10.1. The van der Waals surface area contributed by atoms with Crippen molar-refractivity contribution < 1.29 is 4.79 Å². The predicted molar refractivity (Wildman–Crippen MR) is 53.3 cm³/mol. The summed E-state index contributed by atoms with van der Waals surface area (Å²) in [6, 6.07) is 3.32. The van der Waals surface area contributed by atoms with Crippen LogP contribution in [0.1, 0.15) is 19.4 Å². The summed E-state index contributed by atoms with van der Waals surface area (Å²) in [7, 11) is 0. The van der Waals surface area contributed by atoms with Crippen LogP contribution in [-0.2, 0) is 11.2 Å². The van der Waals surface area contributed by atoms with Crippen molar-refractivity contribution in [2.75, 3.05) is 0 Å². The number of carbonyl (C=O) groups is 1. The van der Waals surface area contributed by atoms with Crippen LogP contribution in [0.25, 0.3) is 0 Å². The third-order valence-electron chi connectivity index (χ3n) is 1.37. The van der Waals surface area contributed by atoms with Gasteiger partial charge in [-0.2, -0.15) is 0 Å². The second-order valence-electron chi connectivity index (χ2n) is 2.37. The molecule has 1 rings (SSSR count). The van der Waals surface area contributed by atoms with Gasteiger partial charge in [0.2, 0.25) is 0 Å². The van der Waals surface area contributed by atoms with E-state index in [0.29, 0.717) is 6.42 Å². The van der Waals surface area contributed by atoms with Gasteiger partial charge < -0.3 is 10.5 Å². The third kappa shape index (κ3) is 5.09. The lowest BCUT2D eigenvalue weighted by Gasteiger charge is -2.01. The molecule has 0 amide bonds. The molecule has 0 saturated heterocycles. The Balaban J connectivity index is 0.000000671. The van der Waals surface area contributed by atoms with Crippen molar-refractivity contribution >= 4 is 6.29 Å². The highest BCUT2D eigenvalue weighted by molar-refractivity contribution is 5.57. The van der Waals surface area contributed by atoms with Crippen LogP contribution in [0.5, 0.6) is 0 Å². The highest BCUT2D eigenvalue weighted by atomic mass is 16.1. The Morgan fingerprint density at radius 2 is 2.31 bits per heavy atom. The first kappa shape index (κ1) is 11.8. The molecule has 3 nitrogen and oxygen atoms in total. The van der Waals surface area contributed by atoms with Crippen molar-refractivity contribution in [2.24, 2.45) is 5.73 Å². The van der Waals surface area contributed by atoms with Crippen LogP contribution in [0.15, 0.2) is 24.5 Å². The standard InChI is InChI=1S/C8H10N2O.C2H6/c9-8(6-11)4-7-2-1-3-10-5-7;1-2/h1-3,5-6,8H,4,9H2;1-2H3. The van der Waals surface area contributed by atoms with Crippen LogP contribution in [0.2, 0.25) is 0 Å². The fraction of sp³-hybridized carbons (Fsp3) is 0.400. The number of rotatable bonds is 3. The highest BCUT2D eigenvalue weighted by Crippen LogP contribution is 1.97. The summed E-state index contributed by atoms with van der Waals surface area (Å²) < 4.78 is 0. The molecule has 0 spiro atoms. The van der Waals surface area contributed by atoms with Gasteiger partial charge in [-0.1, -0.05) is 19.9 Å². The fourth-order valence-corrected chi connectivity index (χ4v) is 0.839. The summed E-state index contributed by atoms with van der Waals surface area (Å²) in [4.78, 5) is 14.1. The normalized spacial score (nSPS) is 11.0. The Bertz CT molecular complexity index is 224. The van der Waals surface area contributed by atoms with E-state index in [2.05, 4.69) is 4.98 Å². The van der Waals surface area contributed by atoms with E-state index in [-0.39, 0.29) is 0 Å². The Hall–Kier alpha value is -1.22. The second kappa shape index (κ2) is 7.43. The Morgan fingerprint density at radius 1 is 1.62 bits per heavy atom. The minimum atomic E-state index is -0.404. The summed E-state index contributed by atoms with van der Waals surface area (Å²) in [5.74, 6) is 0. The third-order valence-corrected chi connectivity index (χ3v) is 1.37. The quantitative estimate of drug-likeness (QED) is 0.710. The van der Waals surface area contributed by atoms with Crippen LogP contribution >= 0.6 is 0 Å². The van der Waals surface area contributed by atoms with Crippen molar-refractivity contribution in [3.8, 4) is 0 Å². The van der Waals surface area contributed by atoms with E-state index in [1.807, 2.05) is 26.0 Å². The van der Waals surface area contributed by atoms with E-state index in [1.165, 1.54) is 0 Å². The predicted octanol–water partition coefficient (Wildman–Crippen LogP) is 1.18. The summed E-state index contributed by atoms with van der Waals surface area (Å²) >= 11 is 0. The minimum Gasteiger partial charge on any atom is -0.321 e. The van der Waals surface area contributed by atoms with Crippen molar-refractivity contribution in [2.45, 2.75) is 26.3 Å². The molecule has 0 bridgehead atoms. The topological polar surface area (TPSA) is 56.0 Å². The van der Waals surface area contributed by atoms with Crippen LogP contribution in [0.4, 0.5) is 0 Å². The summed E-state index contributed by atoms with van der Waals surface area (Å²) in [6.45, 7) is 4.00. The zero-order valence-corrected chi connectivity index (χ0v) is 8.10. The number of nitrogens with zero attached hydrogens (tertiary/aromatic N) is 1. The zero-order valence-electron chi connectivity index (χ0n) is 8.10. The summed E-state index contributed by atoms with van der Waals surface area (Å²) in [5.41, 5.74) is 6.40. The maximum Gasteiger partial charge on any atom is 0.137 e. The van der Waals surface area contributed by atoms with E-state index in [0.717, 1.165) is 11.8 Å². The smallest absolute Gasteiger partial charge is 0.137 e. The number of hydrogen-bond acceptors (Lipinski definition) is 3. The van der Waals surface area contributed by atoms with Crippen LogP contribution in [0, 0.1) is 0 Å². The molecule has 0 saturated carbocycles. The van der Waals surface area contributed by atoms with Crippen molar-refractivity contribution in [3.63, 3.8) is 0 Å². The number of carbonyl (C=O) groups excluding carboxylic acids is 1. The highest BCUT2D eigenvalue weighted by Gasteiger charge is 2.00. The lowest BCUT2D eigenvalue weighted by molar-refractivity contribution is -0.108. The lowest BCUT2D eigenvalue weighted by atomic mass is 10.1. The summed E-state index contributed by atoms with van der Waals surface area (Å²) in [6.07, 6.45) is 4.71. The van der Waals surface area contributed by atoms with E-state index in [4.69, 9.17) is 5.73 Å². The lowest BCUT2D eigenvalue weighted by Crippen LogP contribution is -2.24. The molecule has 0 aliphatic heterocycles. The molecular weight excluding hydrogens is 164 g/mol. The van der Waals surface area contributed by atoms with Crippen LogP contribution < -0.4 is 5.73 Å². The number of aromatic nitrogens is 1. The molecule has 1 aromatic heterocycles. The summed E-state index contributed by atoms with van der Waals surface area (Å²) in [5, 5.41) is 0. The molecule has 2 N–H and O–H groups in total. The van der Waals surface area contributed by atoms with Crippen LogP contribution in [0.3, 0.4) is 0 Å². The van der Waals surface area contributed by atoms with Crippen molar-refractivity contribution in [3.05, 3.63) is 30.1 Å². The van der Waals surface area contributed by atoms with Gasteiger partial charge in [-0.25, -0.2) is 0 Å². The average Bonchev–Trinajstić information content (AvgIpc) is 2.22. The molecule has 0 fully saturated rings. The SMILES string of the molecule is CC.NC(C=O)Cc1cccnc1. The molecule has 1 heterocycles. The number of pyridine rings is 1. The van der Waals surface area contributed by atoms with Crippen molar-refractivity contribution in [1.82, 2.24) is 4.98 Å². The fourth-order valence-electron chi connectivity index (χ4n) is 0.839. The van der Waals surface area contributed by atoms with Crippen LogP contribution in [-0.4, -0.2) is 17.3 Å². The van der Waals surface area contributed by atoms with E-state index >= 15 is 0 Å². The molecular formula is C10H16N2O. The maximum absolute atomic E-state index is 10.2. The maximum atomic E-state index is 10.2. The molecule has 1 aromatic rings. The Kier molecular flexibility index (Phi) is 6.73.